The van der Waals surface area contributed by atoms with Crippen molar-refractivity contribution in [3.05, 3.63) is 89.2 Å². The fourth-order valence-electron chi connectivity index (χ4n) is 4.02. The molecular weight excluding hydrogens is 435 g/mol. The van der Waals surface area contributed by atoms with Gasteiger partial charge in [-0.2, -0.15) is 0 Å². The minimum Gasteiger partial charge on any atom is -0.496 e. The zero-order valence-corrected chi connectivity index (χ0v) is 19.2. The molecule has 0 bridgehead atoms. The molecule has 0 unspecified atom stereocenters. The number of para-hydroxylation sites is 1. The average Bonchev–Trinajstić information content (AvgIpc) is 2.95. The Labute approximate surface area is 198 Å². The number of hydrogen-bond donors (Lipinski definition) is 1. The Morgan fingerprint density at radius 3 is 2.68 bits per heavy atom. The Kier molecular flexibility index (Phi) is 7.11. The summed E-state index contributed by atoms with van der Waals surface area (Å²) >= 11 is 0. The number of carbonyl (C=O) groups excluding carboxylic acids is 2. The van der Waals surface area contributed by atoms with Gasteiger partial charge in [0.1, 0.15) is 17.3 Å². The zero-order chi connectivity index (χ0) is 24.1. The van der Waals surface area contributed by atoms with E-state index in [4.69, 9.17) is 9.47 Å². The molecule has 1 heterocycles. The highest BCUT2D eigenvalue weighted by Crippen LogP contribution is 2.29. The molecule has 1 N–H and O–H groups in total. The number of benzene rings is 3. The van der Waals surface area contributed by atoms with Crippen molar-refractivity contribution in [1.82, 2.24) is 4.90 Å². The molecule has 4 rings (SSSR count). The molecule has 0 aromatic heterocycles. The zero-order valence-electron chi connectivity index (χ0n) is 19.2. The molecule has 0 radical (unpaired) electrons. The molecule has 0 fully saturated rings. The van der Waals surface area contributed by atoms with Crippen molar-refractivity contribution in [3.63, 3.8) is 0 Å². The lowest BCUT2D eigenvalue weighted by Crippen LogP contribution is -2.39. The van der Waals surface area contributed by atoms with E-state index >= 15 is 0 Å². The van der Waals surface area contributed by atoms with Crippen molar-refractivity contribution < 1.29 is 23.5 Å². The minimum absolute atomic E-state index is 0.0898. The van der Waals surface area contributed by atoms with Gasteiger partial charge in [-0.3, -0.25) is 9.59 Å². The van der Waals surface area contributed by atoms with E-state index in [0.717, 1.165) is 22.4 Å². The van der Waals surface area contributed by atoms with Gasteiger partial charge in [0, 0.05) is 24.3 Å². The third-order valence-corrected chi connectivity index (χ3v) is 5.79. The van der Waals surface area contributed by atoms with Gasteiger partial charge in [0.15, 0.2) is 6.10 Å². The van der Waals surface area contributed by atoms with Crippen LogP contribution in [0.3, 0.4) is 0 Å². The Balaban J connectivity index is 1.47. The van der Waals surface area contributed by atoms with E-state index in [0.29, 0.717) is 30.9 Å². The van der Waals surface area contributed by atoms with E-state index in [1.807, 2.05) is 30.3 Å². The van der Waals surface area contributed by atoms with Gasteiger partial charge in [-0.05, 0) is 60.9 Å². The molecule has 0 aliphatic carbocycles. The summed E-state index contributed by atoms with van der Waals surface area (Å²) in [5.74, 6) is 0.776. The third-order valence-electron chi connectivity index (χ3n) is 5.79. The first-order chi connectivity index (χ1) is 16.4. The van der Waals surface area contributed by atoms with Crippen LogP contribution in [0.1, 0.15) is 23.6 Å². The smallest absolute Gasteiger partial charge is 0.263 e. The van der Waals surface area contributed by atoms with Crippen LogP contribution in [-0.2, 0) is 29.0 Å². The summed E-state index contributed by atoms with van der Waals surface area (Å²) in [6.07, 6.45) is 0.165. The molecule has 3 aromatic rings. The molecule has 7 heteroatoms. The first-order valence-corrected chi connectivity index (χ1v) is 11.2. The number of carbonyl (C=O) groups is 2. The maximum atomic E-state index is 13.1. The average molecular weight is 463 g/mol. The Morgan fingerprint density at radius 1 is 1.15 bits per heavy atom. The number of nitrogens with zero attached hydrogens (tertiary/aromatic N) is 1. The molecule has 1 atom stereocenters. The number of fused-ring (bicyclic) bond motifs is 1. The standard InChI is InChI=1S/C27H27FN2O4/c1-18-27(32)30(14-13-20-5-3-4-6-24(20)33-2)17-21-16-23(11-12-25(21)34-18)29-26(31)15-19-7-9-22(28)10-8-19/h3-12,16,18H,13-15,17H2,1-2H3,(H,29,31)/t18-/m1/s1. The molecule has 3 aromatic carbocycles. The normalized spacial score (nSPS) is 15.2. The highest BCUT2D eigenvalue weighted by molar-refractivity contribution is 5.92. The number of ether oxygens (including phenoxy) is 2. The summed E-state index contributed by atoms with van der Waals surface area (Å²) in [7, 11) is 1.63. The molecule has 1 aliphatic rings. The largest absolute Gasteiger partial charge is 0.496 e. The second-order valence-corrected chi connectivity index (χ2v) is 8.26. The molecule has 2 amide bonds. The first-order valence-electron chi connectivity index (χ1n) is 11.2. The molecule has 176 valence electrons. The fraction of sp³-hybridized carbons (Fsp3) is 0.259. The third kappa shape index (κ3) is 5.54. The number of anilines is 1. The van der Waals surface area contributed by atoms with Gasteiger partial charge in [-0.1, -0.05) is 30.3 Å². The lowest BCUT2D eigenvalue weighted by molar-refractivity contribution is -0.137. The Hall–Kier alpha value is -3.87. The van der Waals surface area contributed by atoms with Crippen molar-refractivity contribution in [3.8, 4) is 11.5 Å². The maximum absolute atomic E-state index is 13.1. The fourth-order valence-corrected chi connectivity index (χ4v) is 4.02. The van der Waals surface area contributed by atoms with Crippen molar-refractivity contribution in [1.29, 1.82) is 0 Å². The van der Waals surface area contributed by atoms with Gasteiger partial charge < -0.3 is 19.7 Å². The lowest BCUT2D eigenvalue weighted by atomic mass is 10.1. The van der Waals surface area contributed by atoms with Crippen LogP contribution >= 0.6 is 0 Å². The van der Waals surface area contributed by atoms with Crippen LogP contribution in [0.5, 0.6) is 11.5 Å². The summed E-state index contributed by atoms with van der Waals surface area (Å²) < 4.78 is 24.4. The predicted octanol–water partition coefficient (Wildman–Crippen LogP) is 4.37. The van der Waals surface area contributed by atoms with Crippen molar-refractivity contribution in [2.75, 3.05) is 19.0 Å². The first kappa shape index (κ1) is 23.3. The van der Waals surface area contributed by atoms with E-state index in [-0.39, 0.29) is 24.1 Å². The van der Waals surface area contributed by atoms with E-state index in [9.17, 15) is 14.0 Å². The highest BCUT2D eigenvalue weighted by Gasteiger charge is 2.28. The highest BCUT2D eigenvalue weighted by atomic mass is 19.1. The Bertz CT molecular complexity index is 1180. The molecule has 1 aliphatic heterocycles. The van der Waals surface area contributed by atoms with Crippen LogP contribution in [-0.4, -0.2) is 36.5 Å². The van der Waals surface area contributed by atoms with Crippen LogP contribution in [0.25, 0.3) is 0 Å². The molecule has 0 spiro atoms. The molecule has 0 saturated heterocycles. The summed E-state index contributed by atoms with van der Waals surface area (Å²) in [4.78, 5) is 27.2. The SMILES string of the molecule is COc1ccccc1CCN1Cc2cc(NC(=O)Cc3ccc(F)cc3)ccc2O[C@H](C)C1=O. The summed E-state index contributed by atoms with van der Waals surface area (Å²) in [6, 6.07) is 19.0. The summed E-state index contributed by atoms with van der Waals surface area (Å²) in [6.45, 7) is 2.62. The number of methoxy groups -OCH3 is 1. The molecular formula is C27H27FN2O4. The van der Waals surface area contributed by atoms with Crippen molar-refractivity contribution in [2.45, 2.75) is 32.4 Å². The van der Waals surface area contributed by atoms with Gasteiger partial charge in [-0.15, -0.1) is 0 Å². The van der Waals surface area contributed by atoms with Crippen molar-refractivity contribution in [2.24, 2.45) is 0 Å². The summed E-state index contributed by atoms with van der Waals surface area (Å²) in [5, 5.41) is 2.88. The second-order valence-electron chi connectivity index (χ2n) is 8.26. The topological polar surface area (TPSA) is 67.9 Å². The van der Waals surface area contributed by atoms with Crippen LogP contribution in [0.4, 0.5) is 10.1 Å². The monoisotopic (exact) mass is 462 g/mol. The van der Waals surface area contributed by atoms with Crippen molar-refractivity contribution >= 4 is 17.5 Å². The molecule has 6 nitrogen and oxygen atoms in total. The minimum atomic E-state index is -0.613. The Morgan fingerprint density at radius 2 is 1.91 bits per heavy atom. The van der Waals surface area contributed by atoms with Crippen LogP contribution in [0.15, 0.2) is 66.7 Å². The van der Waals surface area contributed by atoms with E-state index in [2.05, 4.69) is 5.32 Å². The van der Waals surface area contributed by atoms with E-state index < -0.39 is 6.10 Å². The maximum Gasteiger partial charge on any atom is 0.263 e. The predicted molar refractivity (Wildman–Crippen MR) is 127 cm³/mol. The number of hydrogen-bond acceptors (Lipinski definition) is 4. The van der Waals surface area contributed by atoms with Crippen LogP contribution < -0.4 is 14.8 Å². The number of nitrogens with one attached hydrogen (secondary N) is 1. The number of amides is 2. The van der Waals surface area contributed by atoms with E-state index in [1.54, 1.807) is 43.2 Å². The van der Waals surface area contributed by atoms with Crippen LogP contribution in [0.2, 0.25) is 0 Å². The summed E-state index contributed by atoms with van der Waals surface area (Å²) in [5.41, 5.74) is 3.18. The van der Waals surface area contributed by atoms with Gasteiger partial charge >= 0.3 is 0 Å². The van der Waals surface area contributed by atoms with Gasteiger partial charge in [0.25, 0.3) is 5.91 Å². The second kappa shape index (κ2) is 10.4. The van der Waals surface area contributed by atoms with Gasteiger partial charge in [-0.25, -0.2) is 4.39 Å². The number of rotatable bonds is 7. The number of halogens is 1. The molecule has 34 heavy (non-hydrogen) atoms. The van der Waals surface area contributed by atoms with E-state index in [1.165, 1.54) is 12.1 Å². The lowest BCUT2D eigenvalue weighted by Gasteiger charge is -2.22. The molecule has 0 saturated carbocycles. The van der Waals surface area contributed by atoms with Gasteiger partial charge in [0.05, 0.1) is 13.5 Å². The van der Waals surface area contributed by atoms with Gasteiger partial charge in [0.2, 0.25) is 5.91 Å². The van der Waals surface area contributed by atoms with Crippen LogP contribution in [0, 0.1) is 5.82 Å². The quantitative estimate of drug-likeness (QED) is 0.566.